The van der Waals surface area contributed by atoms with Crippen LogP contribution in [0.25, 0.3) is 6.08 Å². The van der Waals surface area contributed by atoms with Crippen LogP contribution >= 0.6 is 35.0 Å². The Morgan fingerprint density at radius 1 is 1.00 bits per heavy atom. The fraction of sp³-hybridized carbons (Fsp3) is 0.0833. The molecule has 0 aromatic heterocycles. The largest absolute Gasteiger partial charge is 0.487 e. The summed E-state index contributed by atoms with van der Waals surface area (Å²) in [7, 11) is 0. The summed E-state index contributed by atoms with van der Waals surface area (Å²) >= 11 is 13.1. The van der Waals surface area contributed by atoms with Crippen molar-refractivity contribution in [3.8, 4) is 5.75 Å². The molecule has 3 aromatic rings. The van der Waals surface area contributed by atoms with Gasteiger partial charge in [0.15, 0.2) is 0 Å². The van der Waals surface area contributed by atoms with E-state index in [2.05, 4.69) is 0 Å². The molecule has 0 radical (unpaired) electrons. The molecule has 0 N–H and O–H groups in total. The van der Waals surface area contributed by atoms with Crippen molar-refractivity contribution in [3.05, 3.63) is 104 Å². The highest BCUT2D eigenvalue weighted by Gasteiger charge is 2.35. The second kappa shape index (κ2) is 9.77. The third-order valence-corrected chi connectivity index (χ3v) is 6.18. The van der Waals surface area contributed by atoms with E-state index in [1.54, 1.807) is 66.7 Å². The van der Waals surface area contributed by atoms with Gasteiger partial charge in [-0.2, -0.15) is 0 Å². The molecule has 0 spiro atoms. The van der Waals surface area contributed by atoms with Gasteiger partial charge in [0.25, 0.3) is 11.1 Å². The monoisotopic (exact) mass is 487 g/mol. The van der Waals surface area contributed by atoms with Crippen LogP contribution in [0.2, 0.25) is 10.0 Å². The van der Waals surface area contributed by atoms with E-state index < -0.39 is 0 Å². The molecule has 0 atom stereocenters. The summed E-state index contributed by atoms with van der Waals surface area (Å²) in [6.45, 7) is 0.206. The molecule has 3 aromatic carbocycles. The van der Waals surface area contributed by atoms with Gasteiger partial charge in [-0.05, 0) is 59.3 Å². The lowest BCUT2D eigenvalue weighted by molar-refractivity contribution is -0.123. The summed E-state index contributed by atoms with van der Waals surface area (Å²) < 4.78 is 19.4. The van der Waals surface area contributed by atoms with Gasteiger partial charge >= 0.3 is 0 Å². The van der Waals surface area contributed by atoms with E-state index >= 15 is 0 Å². The smallest absolute Gasteiger partial charge is 0.293 e. The number of amides is 2. The van der Waals surface area contributed by atoms with Gasteiger partial charge in [-0.3, -0.25) is 14.5 Å². The van der Waals surface area contributed by atoms with Crippen molar-refractivity contribution >= 4 is 52.2 Å². The van der Waals surface area contributed by atoms with Crippen molar-refractivity contribution in [1.82, 2.24) is 4.90 Å². The fourth-order valence-corrected chi connectivity index (χ4v) is 4.26. The van der Waals surface area contributed by atoms with Crippen molar-refractivity contribution in [2.45, 2.75) is 13.2 Å². The number of hydrogen-bond acceptors (Lipinski definition) is 4. The lowest BCUT2D eigenvalue weighted by atomic mass is 10.2. The minimum absolute atomic E-state index is 0.0370. The molecule has 0 unspecified atom stereocenters. The second-order valence-electron chi connectivity index (χ2n) is 6.96. The first-order chi connectivity index (χ1) is 15.4. The number of ether oxygens (including phenoxy) is 1. The van der Waals surface area contributed by atoms with Gasteiger partial charge in [0.2, 0.25) is 0 Å². The van der Waals surface area contributed by atoms with E-state index in [0.29, 0.717) is 31.8 Å². The molecule has 4 rings (SSSR count). The molecule has 162 valence electrons. The van der Waals surface area contributed by atoms with Crippen LogP contribution < -0.4 is 4.74 Å². The Kier molecular flexibility index (Phi) is 6.84. The van der Waals surface area contributed by atoms with Crippen LogP contribution in [0.15, 0.2) is 71.6 Å². The molecular weight excluding hydrogens is 472 g/mol. The van der Waals surface area contributed by atoms with E-state index in [4.69, 9.17) is 27.9 Å². The van der Waals surface area contributed by atoms with Gasteiger partial charge in [-0.15, -0.1) is 0 Å². The van der Waals surface area contributed by atoms with Crippen LogP contribution in [-0.2, 0) is 17.9 Å². The summed E-state index contributed by atoms with van der Waals surface area (Å²) in [5, 5.41) is 0.559. The zero-order valence-corrected chi connectivity index (χ0v) is 18.9. The van der Waals surface area contributed by atoms with E-state index in [0.717, 1.165) is 17.3 Å². The molecule has 4 nitrogen and oxygen atoms in total. The Hall–Kier alpha value is -2.80. The first-order valence-corrected chi connectivity index (χ1v) is 11.1. The van der Waals surface area contributed by atoms with Crippen LogP contribution in [0.3, 0.4) is 0 Å². The SMILES string of the molecule is O=C1S/C(=C\c2ccc(OCc3ccccc3F)c(Cl)c2)C(=O)N1Cc1ccc(Cl)cc1. The predicted octanol–water partition coefficient (Wildman–Crippen LogP) is 6.95. The molecule has 32 heavy (non-hydrogen) atoms. The highest BCUT2D eigenvalue weighted by Crippen LogP contribution is 2.35. The first-order valence-electron chi connectivity index (χ1n) is 9.56. The Bertz CT molecular complexity index is 1210. The molecule has 0 aliphatic carbocycles. The second-order valence-corrected chi connectivity index (χ2v) is 8.80. The van der Waals surface area contributed by atoms with Crippen LogP contribution in [0.5, 0.6) is 5.75 Å². The fourth-order valence-electron chi connectivity index (χ4n) is 3.05. The van der Waals surface area contributed by atoms with Crippen LogP contribution in [0, 0.1) is 5.82 Å². The summed E-state index contributed by atoms with van der Waals surface area (Å²) in [5.41, 5.74) is 1.87. The minimum atomic E-state index is -0.369. The van der Waals surface area contributed by atoms with E-state index in [-0.39, 0.29) is 30.1 Å². The summed E-state index contributed by atoms with van der Waals surface area (Å²) in [6, 6.07) is 18.3. The maximum absolute atomic E-state index is 13.7. The highest BCUT2D eigenvalue weighted by molar-refractivity contribution is 8.18. The number of halogens is 3. The van der Waals surface area contributed by atoms with Gasteiger partial charge in [-0.1, -0.05) is 59.6 Å². The summed E-state index contributed by atoms with van der Waals surface area (Å²) in [4.78, 5) is 26.6. The molecule has 8 heteroatoms. The molecule has 1 heterocycles. The summed E-state index contributed by atoms with van der Waals surface area (Å²) in [6.07, 6.45) is 1.61. The van der Waals surface area contributed by atoms with E-state index in [1.807, 2.05) is 0 Å². The molecule has 1 aliphatic heterocycles. The maximum atomic E-state index is 13.7. The van der Waals surface area contributed by atoms with Gasteiger partial charge in [0.1, 0.15) is 18.2 Å². The minimum Gasteiger partial charge on any atom is -0.487 e. The van der Waals surface area contributed by atoms with Crippen molar-refractivity contribution in [2.75, 3.05) is 0 Å². The van der Waals surface area contributed by atoms with Gasteiger partial charge in [0.05, 0.1) is 16.5 Å². The van der Waals surface area contributed by atoms with Crippen molar-refractivity contribution in [1.29, 1.82) is 0 Å². The third kappa shape index (κ3) is 5.15. The Morgan fingerprint density at radius 3 is 2.47 bits per heavy atom. The Morgan fingerprint density at radius 2 is 1.75 bits per heavy atom. The van der Waals surface area contributed by atoms with Crippen molar-refractivity contribution in [2.24, 2.45) is 0 Å². The number of imide groups is 1. The van der Waals surface area contributed by atoms with E-state index in [9.17, 15) is 14.0 Å². The molecule has 0 saturated carbocycles. The van der Waals surface area contributed by atoms with Crippen LogP contribution in [0.1, 0.15) is 16.7 Å². The molecule has 1 saturated heterocycles. The normalized spacial score (nSPS) is 15.0. The number of rotatable bonds is 6. The average Bonchev–Trinajstić information content (AvgIpc) is 3.03. The molecule has 1 fully saturated rings. The van der Waals surface area contributed by atoms with Crippen LogP contribution in [-0.4, -0.2) is 16.0 Å². The van der Waals surface area contributed by atoms with Gasteiger partial charge in [0, 0.05) is 10.6 Å². The Balaban J connectivity index is 1.45. The molecule has 0 bridgehead atoms. The molecule has 2 amide bonds. The Labute approximate surface area is 198 Å². The lowest BCUT2D eigenvalue weighted by Crippen LogP contribution is -2.27. The quantitative estimate of drug-likeness (QED) is 0.353. The topological polar surface area (TPSA) is 46.6 Å². The predicted molar refractivity (Wildman–Crippen MR) is 125 cm³/mol. The number of nitrogens with zero attached hydrogens (tertiary/aromatic N) is 1. The number of benzene rings is 3. The third-order valence-electron chi connectivity index (χ3n) is 4.72. The van der Waals surface area contributed by atoms with Crippen LogP contribution in [0.4, 0.5) is 9.18 Å². The zero-order chi connectivity index (χ0) is 22.7. The standard InChI is InChI=1S/C24H16Cl2FNO3S/c25-18-8-5-15(6-9-18)13-28-23(29)22(32-24(28)30)12-16-7-10-21(19(26)11-16)31-14-17-3-1-2-4-20(17)27/h1-12H,13-14H2/b22-12-. The number of hydrogen-bond donors (Lipinski definition) is 0. The zero-order valence-electron chi connectivity index (χ0n) is 16.6. The van der Waals surface area contributed by atoms with Gasteiger partial charge < -0.3 is 4.74 Å². The maximum Gasteiger partial charge on any atom is 0.293 e. The first kappa shape index (κ1) is 22.4. The van der Waals surface area contributed by atoms with Crippen molar-refractivity contribution in [3.63, 3.8) is 0 Å². The number of thioether (sulfide) groups is 1. The number of carbonyl (C=O) groups is 2. The molecular formula is C24H16Cl2FNO3S. The lowest BCUT2D eigenvalue weighted by Gasteiger charge is -2.12. The highest BCUT2D eigenvalue weighted by atomic mass is 35.5. The number of carbonyl (C=O) groups excluding carboxylic acids is 2. The van der Waals surface area contributed by atoms with Gasteiger partial charge in [-0.25, -0.2) is 4.39 Å². The van der Waals surface area contributed by atoms with E-state index in [1.165, 1.54) is 11.0 Å². The molecule has 1 aliphatic rings. The van der Waals surface area contributed by atoms with Crippen molar-refractivity contribution < 1.29 is 18.7 Å². The average molecular weight is 488 g/mol. The summed E-state index contributed by atoms with van der Waals surface area (Å²) in [5.74, 6) is -0.330.